The molecule has 3 nitrogen and oxygen atoms in total. The average Bonchev–Trinajstić information content (AvgIpc) is 2.43. The predicted octanol–water partition coefficient (Wildman–Crippen LogP) is 3.03. The van der Waals surface area contributed by atoms with E-state index in [4.69, 9.17) is 0 Å². The van der Waals surface area contributed by atoms with Crippen LogP contribution in [0.3, 0.4) is 0 Å². The van der Waals surface area contributed by atoms with E-state index >= 15 is 0 Å². The highest BCUT2D eigenvalue weighted by atomic mass is 35.5. The van der Waals surface area contributed by atoms with Gasteiger partial charge in [-0.25, -0.2) is 8.78 Å². The standard InChI is InChI=1S/C15H18F2N2O.ClH/c16-12-4-3-11(10-13(12)17)19-14(20)2-1-5-15(19)6-8-18-9-7-15;/h3-4,10,18H,1-2,5-9H2;1H. The highest BCUT2D eigenvalue weighted by molar-refractivity contribution is 5.95. The molecular weight excluding hydrogens is 298 g/mol. The first-order valence-corrected chi connectivity index (χ1v) is 7.11. The van der Waals surface area contributed by atoms with Crippen LogP contribution in [0.15, 0.2) is 18.2 Å². The maximum absolute atomic E-state index is 13.5. The molecule has 1 amide bonds. The summed E-state index contributed by atoms with van der Waals surface area (Å²) in [5.41, 5.74) is 0.251. The molecule has 0 atom stereocenters. The van der Waals surface area contributed by atoms with Gasteiger partial charge in [-0.05, 0) is 50.9 Å². The van der Waals surface area contributed by atoms with E-state index in [1.165, 1.54) is 6.07 Å². The van der Waals surface area contributed by atoms with Crippen molar-refractivity contribution in [1.82, 2.24) is 5.32 Å². The monoisotopic (exact) mass is 316 g/mol. The number of anilines is 1. The molecule has 3 rings (SSSR count). The van der Waals surface area contributed by atoms with E-state index in [0.717, 1.165) is 50.9 Å². The van der Waals surface area contributed by atoms with Crippen LogP contribution in [-0.2, 0) is 4.79 Å². The fraction of sp³-hybridized carbons (Fsp3) is 0.533. The van der Waals surface area contributed by atoms with Crippen molar-refractivity contribution in [3.05, 3.63) is 29.8 Å². The summed E-state index contributed by atoms with van der Waals surface area (Å²) in [6.45, 7) is 1.71. The van der Waals surface area contributed by atoms with E-state index < -0.39 is 11.6 Å². The number of hydrogen-bond donors (Lipinski definition) is 1. The third-order valence-electron chi connectivity index (χ3n) is 4.45. The Balaban J connectivity index is 0.00000161. The normalized spacial score (nSPS) is 21.2. The Kier molecular flexibility index (Phi) is 4.84. The zero-order valence-electron chi connectivity index (χ0n) is 11.7. The van der Waals surface area contributed by atoms with Crippen LogP contribution in [0.1, 0.15) is 32.1 Å². The predicted molar refractivity (Wildman–Crippen MR) is 79.8 cm³/mol. The lowest BCUT2D eigenvalue weighted by atomic mass is 9.78. The van der Waals surface area contributed by atoms with Gasteiger partial charge in [0.25, 0.3) is 0 Å². The topological polar surface area (TPSA) is 32.3 Å². The number of hydrogen-bond acceptors (Lipinski definition) is 2. The van der Waals surface area contributed by atoms with Crippen molar-refractivity contribution in [2.75, 3.05) is 18.0 Å². The van der Waals surface area contributed by atoms with Gasteiger partial charge >= 0.3 is 0 Å². The molecule has 1 aromatic rings. The lowest BCUT2D eigenvalue weighted by Crippen LogP contribution is -2.59. The molecule has 2 heterocycles. The number of rotatable bonds is 1. The Morgan fingerprint density at radius 2 is 1.81 bits per heavy atom. The van der Waals surface area contributed by atoms with Crippen LogP contribution in [0, 0.1) is 11.6 Å². The minimum absolute atomic E-state index is 0. The Morgan fingerprint density at radius 3 is 2.48 bits per heavy atom. The molecule has 0 unspecified atom stereocenters. The smallest absolute Gasteiger partial charge is 0.227 e. The number of nitrogens with zero attached hydrogens (tertiary/aromatic N) is 1. The first-order chi connectivity index (χ1) is 9.62. The molecule has 1 aromatic carbocycles. The van der Waals surface area contributed by atoms with Crippen molar-refractivity contribution in [3.63, 3.8) is 0 Å². The Labute approximate surface area is 129 Å². The van der Waals surface area contributed by atoms with Gasteiger partial charge in [-0.2, -0.15) is 0 Å². The van der Waals surface area contributed by atoms with Crippen LogP contribution in [-0.4, -0.2) is 24.5 Å². The second kappa shape index (κ2) is 6.28. The SMILES string of the molecule is Cl.O=C1CCCC2(CCNCC2)N1c1ccc(F)c(F)c1. The molecule has 21 heavy (non-hydrogen) atoms. The third-order valence-corrected chi connectivity index (χ3v) is 4.45. The van der Waals surface area contributed by atoms with E-state index in [1.54, 1.807) is 4.90 Å². The molecular formula is C15H19ClF2N2O. The maximum Gasteiger partial charge on any atom is 0.227 e. The van der Waals surface area contributed by atoms with Crippen molar-refractivity contribution in [3.8, 4) is 0 Å². The number of halogens is 3. The molecule has 0 aromatic heterocycles. The Bertz CT molecular complexity index is 527. The fourth-order valence-corrected chi connectivity index (χ4v) is 3.46. The van der Waals surface area contributed by atoms with Crippen LogP contribution < -0.4 is 10.2 Å². The molecule has 6 heteroatoms. The van der Waals surface area contributed by atoms with E-state index in [2.05, 4.69) is 5.32 Å². The minimum atomic E-state index is -0.898. The lowest BCUT2D eigenvalue weighted by Gasteiger charge is -2.49. The van der Waals surface area contributed by atoms with Crippen molar-refractivity contribution in [2.45, 2.75) is 37.6 Å². The molecule has 2 saturated heterocycles. The summed E-state index contributed by atoms with van der Waals surface area (Å²) in [6.07, 6.45) is 4.00. The summed E-state index contributed by atoms with van der Waals surface area (Å²) in [5, 5.41) is 3.29. The van der Waals surface area contributed by atoms with Gasteiger partial charge in [-0.15, -0.1) is 12.4 Å². The molecule has 2 fully saturated rings. The van der Waals surface area contributed by atoms with Crippen LogP contribution in [0.25, 0.3) is 0 Å². The summed E-state index contributed by atoms with van der Waals surface area (Å²) >= 11 is 0. The van der Waals surface area contributed by atoms with E-state index in [1.807, 2.05) is 0 Å². The number of amides is 1. The number of carbonyl (C=O) groups excluding carboxylic acids is 1. The first kappa shape index (κ1) is 16.2. The Hall–Kier alpha value is -1.20. The fourth-order valence-electron chi connectivity index (χ4n) is 3.46. The first-order valence-electron chi connectivity index (χ1n) is 7.11. The number of benzene rings is 1. The van der Waals surface area contributed by atoms with Crippen LogP contribution in [0.5, 0.6) is 0 Å². The molecule has 0 radical (unpaired) electrons. The summed E-state index contributed by atoms with van der Waals surface area (Å²) in [6, 6.07) is 3.75. The van der Waals surface area contributed by atoms with Crippen molar-refractivity contribution in [1.29, 1.82) is 0 Å². The van der Waals surface area contributed by atoms with E-state index in [9.17, 15) is 13.6 Å². The van der Waals surface area contributed by atoms with Gasteiger partial charge in [-0.1, -0.05) is 0 Å². The molecule has 1 spiro atoms. The second-order valence-electron chi connectivity index (χ2n) is 5.66. The Morgan fingerprint density at radius 1 is 1.10 bits per heavy atom. The largest absolute Gasteiger partial charge is 0.317 e. The van der Waals surface area contributed by atoms with Crippen molar-refractivity contribution < 1.29 is 13.6 Å². The number of carbonyl (C=O) groups is 1. The van der Waals surface area contributed by atoms with Gasteiger partial charge in [0.05, 0.1) is 5.54 Å². The van der Waals surface area contributed by atoms with Crippen molar-refractivity contribution in [2.24, 2.45) is 0 Å². The molecule has 0 aliphatic carbocycles. The van der Waals surface area contributed by atoms with Gasteiger partial charge in [-0.3, -0.25) is 4.79 Å². The van der Waals surface area contributed by atoms with Gasteiger partial charge in [0.1, 0.15) is 0 Å². The van der Waals surface area contributed by atoms with Crippen molar-refractivity contribution >= 4 is 24.0 Å². The molecule has 0 saturated carbocycles. The van der Waals surface area contributed by atoms with Crippen LogP contribution in [0.2, 0.25) is 0 Å². The number of nitrogens with one attached hydrogen (secondary N) is 1. The molecule has 2 aliphatic rings. The van der Waals surface area contributed by atoms with Crippen LogP contribution in [0.4, 0.5) is 14.5 Å². The average molecular weight is 317 g/mol. The molecule has 1 N–H and O–H groups in total. The van der Waals surface area contributed by atoms with Gasteiger partial charge < -0.3 is 10.2 Å². The lowest BCUT2D eigenvalue weighted by molar-refractivity contribution is -0.121. The van der Waals surface area contributed by atoms with Crippen LogP contribution >= 0.6 is 12.4 Å². The summed E-state index contributed by atoms with van der Waals surface area (Å²) in [4.78, 5) is 14.1. The summed E-state index contributed by atoms with van der Waals surface area (Å²) in [7, 11) is 0. The zero-order chi connectivity index (χ0) is 14.2. The van der Waals surface area contributed by atoms with Gasteiger partial charge in [0.2, 0.25) is 5.91 Å². The summed E-state index contributed by atoms with van der Waals surface area (Å²) < 4.78 is 26.6. The minimum Gasteiger partial charge on any atom is -0.317 e. The molecule has 2 aliphatic heterocycles. The quantitative estimate of drug-likeness (QED) is 0.864. The van der Waals surface area contributed by atoms with E-state index in [-0.39, 0.29) is 23.9 Å². The highest BCUT2D eigenvalue weighted by Gasteiger charge is 2.43. The zero-order valence-corrected chi connectivity index (χ0v) is 12.5. The van der Waals surface area contributed by atoms with Gasteiger partial charge in [0.15, 0.2) is 11.6 Å². The molecule has 0 bridgehead atoms. The highest BCUT2D eigenvalue weighted by Crippen LogP contribution is 2.39. The second-order valence-corrected chi connectivity index (χ2v) is 5.66. The maximum atomic E-state index is 13.5. The van der Waals surface area contributed by atoms with E-state index in [0.29, 0.717) is 12.1 Å². The van der Waals surface area contributed by atoms with Gasteiger partial charge in [0, 0.05) is 18.2 Å². The summed E-state index contributed by atoms with van der Waals surface area (Å²) in [5.74, 6) is -1.76. The third kappa shape index (κ3) is 2.90. The number of piperidine rings is 2. The molecule has 116 valence electrons.